The Morgan fingerprint density at radius 3 is 2.54 bits per heavy atom. The largest absolute Gasteiger partial charge is 0.369 e. The van der Waals surface area contributed by atoms with Crippen LogP contribution in [0.15, 0.2) is 48.5 Å². The van der Waals surface area contributed by atoms with E-state index in [-0.39, 0.29) is 5.82 Å². The van der Waals surface area contributed by atoms with Gasteiger partial charge in [0.05, 0.1) is 12.2 Å². The van der Waals surface area contributed by atoms with E-state index in [9.17, 15) is 4.39 Å². The Balaban J connectivity index is 1.47. The van der Waals surface area contributed by atoms with E-state index in [4.69, 9.17) is 23.8 Å². The van der Waals surface area contributed by atoms with Crippen molar-refractivity contribution in [2.45, 2.75) is 6.67 Å². The second-order valence-electron chi connectivity index (χ2n) is 6.87. The number of rotatable bonds is 4. The summed E-state index contributed by atoms with van der Waals surface area (Å²) in [6.07, 6.45) is 0. The van der Waals surface area contributed by atoms with E-state index >= 15 is 0 Å². The quantitative estimate of drug-likeness (QED) is 0.595. The summed E-state index contributed by atoms with van der Waals surface area (Å²) in [7, 11) is 1.82. The number of anilines is 1. The summed E-state index contributed by atoms with van der Waals surface area (Å²) in [5.74, 6) is 0.244. The average Bonchev–Trinajstić information content (AvgIpc) is 2.97. The van der Waals surface area contributed by atoms with E-state index in [1.165, 1.54) is 6.07 Å². The first-order valence-electron chi connectivity index (χ1n) is 9.14. The molecule has 2 heterocycles. The first-order chi connectivity index (χ1) is 13.5. The van der Waals surface area contributed by atoms with Crippen LogP contribution in [0.2, 0.25) is 5.02 Å². The summed E-state index contributed by atoms with van der Waals surface area (Å²) in [5.41, 5.74) is 1.60. The standard InChI is InChI=1S/C20H21ClFN5S/c1-24-19(17-7-2-3-8-18(17)22)23-27(20(24)28)14-25-9-11-26(12-10-25)16-6-4-5-15(21)13-16/h2-8,13H,9-12,14H2,1H3. The second kappa shape index (κ2) is 8.03. The average molecular weight is 418 g/mol. The van der Waals surface area contributed by atoms with Crippen LogP contribution < -0.4 is 4.90 Å². The van der Waals surface area contributed by atoms with E-state index in [0.29, 0.717) is 22.8 Å². The zero-order valence-electron chi connectivity index (χ0n) is 15.6. The molecule has 4 rings (SSSR count). The number of piperazine rings is 1. The molecule has 0 aliphatic carbocycles. The highest BCUT2D eigenvalue weighted by atomic mass is 35.5. The Kier molecular flexibility index (Phi) is 5.48. The molecule has 8 heteroatoms. The van der Waals surface area contributed by atoms with E-state index in [1.807, 2.05) is 25.2 Å². The van der Waals surface area contributed by atoms with E-state index < -0.39 is 0 Å². The first-order valence-corrected chi connectivity index (χ1v) is 9.93. The Morgan fingerprint density at radius 2 is 1.82 bits per heavy atom. The first kappa shape index (κ1) is 19.1. The molecule has 0 bridgehead atoms. The third kappa shape index (κ3) is 3.83. The van der Waals surface area contributed by atoms with Crippen molar-refractivity contribution in [3.05, 3.63) is 64.1 Å². The molecule has 0 saturated carbocycles. The Bertz CT molecular complexity index is 1040. The van der Waals surface area contributed by atoms with Gasteiger partial charge in [-0.05, 0) is 42.5 Å². The summed E-state index contributed by atoms with van der Waals surface area (Å²) in [5, 5.41) is 5.34. The molecular formula is C20H21ClFN5S. The fraction of sp³-hybridized carbons (Fsp3) is 0.300. The molecule has 5 nitrogen and oxygen atoms in total. The molecule has 0 N–H and O–H groups in total. The lowest BCUT2D eigenvalue weighted by molar-refractivity contribution is 0.194. The molecule has 0 spiro atoms. The third-order valence-electron chi connectivity index (χ3n) is 5.04. The number of benzene rings is 2. The summed E-state index contributed by atoms with van der Waals surface area (Å²) in [6, 6.07) is 14.6. The van der Waals surface area contributed by atoms with Gasteiger partial charge in [0.2, 0.25) is 0 Å². The van der Waals surface area contributed by atoms with Gasteiger partial charge >= 0.3 is 0 Å². The number of halogens is 2. The number of aromatic nitrogens is 3. The van der Waals surface area contributed by atoms with Crippen LogP contribution >= 0.6 is 23.8 Å². The summed E-state index contributed by atoms with van der Waals surface area (Å²) in [4.78, 5) is 4.62. The normalized spacial score (nSPS) is 15.2. The van der Waals surface area contributed by atoms with Crippen molar-refractivity contribution in [2.75, 3.05) is 31.1 Å². The van der Waals surface area contributed by atoms with Crippen molar-refractivity contribution in [1.29, 1.82) is 0 Å². The van der Waals surface area contributed by atoms with Gasteiger partial charge in [0.1, 0.15) is 5.82 Å². The highest BCUT2D eigenvalue weighted by Gasteiger charge is 2.20. The predicted molar refractivity (Wildman–Crippen MR) is 113 cm³/mol. The lowest BCUT2D eigenvalue weighted by Crippen LogP contribution is -2.47. The van der Waals surface area contributed by atoms with Gasteiger partial charge in [-0.3, -0.25) is 4.90 Å². The molecule has 0 amide bonds. The van der Waals surface area contributed by atoms with Gasteiger partial charge < -0.3 is 9.47 Å². The van der Waals surface area contributed by atoms with Crippen molar-refractivity contribution < 1.29 is 4.39 Å². The second-order valence-corrected chi connectivity index (χ2v) is 7.67. The maximum atomic E-state index is 14.2. The topological polar surface area (TPSA) is 29.2 Å². The minimum atomic E-state index is -0.298. The molecule has 0 radical (unpaired) electrons. The third-order valence-corrected chi connectivity index (χ3v) is 5.75. The van der Waals surface area contributed by atoms with Crippen LogP contribution in [0.25, 0.3) is 11.4 Å². The molecule has 1 aliphatic rings. The Morgan fingerprint density at radius 1 is 1.07 bits per heavy atom. The van der Waals surface area contributed by atoms with Gasteiger partial charge in [-0.25, -0.2) is 9.07 Å². The van der Waals surface area contributed by atoms with Crippen LogP contribution in [0.1, 0.15) is 0 Å². The summed E-state index contributed by atoms with van der Waals surface area (Å²) < 4.78 is 18.3. The molecule has 3 aromatic rings. The SMILES string of the molecule is Cn1c(-c2ccccc2F)nn(CN2CCN(c3cccc(Cl)c3)CC2)c1=S. The molecule has 1 fully saturated rings. The lowest BCUT2D eigenvalue weighted by Gasteiger charge is -2.35. The van der Waals surface area contributed by atoms with Crippen molar-refractivity contribution >= 4 is 29.5 Å². The molecule has 1 saturated heterocycles. The van der Waals surface area contributed by atoms with Gasteiger partial charge in [0, 0.05) is 43.9 Å². The molecule has 1 aromatic heterocycles. The van der Waals surface area contributed by atoms with Crippen LogP contribution in [0.4, 0.5) is 10.1 Å². The monoisotopic (exact) mass is 417 g/mol. The van der Waals surface area contributed by atoms with E-state index in [2.05, 4.69) is 21.0 Å². The van der Waals surface area contributed by atoms with Crippen molar-refractivity contribution in [3.8, 4) is 11.4 Å². The van der Waals surface area contributed by atoms with E-state index in [1.54, 1.807) is 27.4 Å². The minimum absolute atomic E-state index is 0.298. The van der Waals surface area contributed by atoms with Gasteiger partial charge in [-0.2, -0.15) is 5.10 Å². The zero-order chi connectivity index (χ0) is 19.7. The number of hydrogen-bond acceptors (Lipinski definition) is 4. The molecule has 0 unspecified atom stereocenters. The predicted octanol–water partition coefficient (Wildman–Crippen LogP) is 4.19. The highest BCUT2D eigenvalue weighted by molar-refractivity contribution is 7.71. The van der Waals surface area contributed by atoms with Gasteiger partial charge in [-0.15, -0.1) is 0 Å². The van der Waals surface area contributed by atoms with Crippen molar-refractivity contribution in [2.24, 2.45) is 7.05 Å². The maximum absolute atomic E-state index is 14.2. The van der Waals surface area contributed by atoms with Crippen LogP contribution in [-0.4, -0.2) is 45.4 Å². The fourth-order valence-corrected chi connectivity index (χ4v) is 3.84. The molecule has 0 atom stereocenters. The van der Waals surface area contributed by atoms with Crippen molar-refractivity contribution in [3.63, 3.8) is 0 Å². The van der Waals surface area contributed by atoms with Crippen LogP contribution in [-0.2, 0) is 13.7 Å². The Labute approximate surface area is 173 Å². The smallest absolute Gasteiger partial charge is 0.199 e. The molecular weight excluding hydrogens is 397 g/mol. The highest BCUT2D eigenvalue weighted by Crippen LogP contribution is 2.22. The maximum Gasteiger partial charge on any atom is 0.199 e. The van der Waals surface area contributed by atoms with Crippen LogP contribution in [0.3, 0.4) is 0 Å². The number of nitrogens with zero attached hydrogens (tertiary/aromatic N) is 5. The van der Waals surface area contributed by atoms with Gasteiger partial charge in [0.15, 0.2) is 10.6 Å². The lowest BCUT2D eigenvalue weighted by atomic mass is 10.2. The van der Waals surface area contributed by atoms with Crippen LogP contribution in [0, 0.1) is 10.6 Å². The summed E-state index contributed by atoms with van der Waals surface area (Å²) >= 11 is 11.6. The Hall–Kier alpha value is -2.22. The number of hydrogen-bond donors (Lipinski definition) is 0. The molecule has 28 heavy (non-hydrogen) atoms. The van der Waals surface area contributed by atoms with Crippen LogP contribution in [0.5, 0.6) is 0 Å². The molecule has 2 aromatic carbocycles. The molecule has 1 aliphatic heterocycles. The van der Waals surface area contributed by atoms with Crippen molar-refractivity contribution in [1.82, 2.24) is 19.2 Å². The van der Waals surface area contributed by atoms with Gasteiger partial charge in [0.25, 0.3) is 0 Å². The zero-order valence-corrected chi connectivity index (χ0v) is 17.1. The molecule has 146 valence electrons. The van der Waals surface area contributed by atoms with Gasteiger partial charge in [-0.1, -0.05) is 29.8 Å². The minimum Gasteiger partial charge on any atom is -0.369 e. The van der Waals surface area contributed by atoms with E-state index in [0.717, 1.165) is 36.9 Å². The fourth-order valence-electron chi connectivity index (χ4n) is 3.47. The summed E-state index contributed by atoms with van der Waals surface area (Å²) in [6.45, 7) is 4.17.